The quantitative estimate of drug-likeness (QED) is 0.801. The molecule has 0 aliphatic carbocycles. The van der Waals surface area contributed by atoms with Gasteiger partial charge in [0.05, 0.1) is 19.4 Å². The highest BCUT2D eigenvalue weighted by Gasteiger charge is 2.32. The fraction of sp³-hybridized carbons (Fsp3) is 0.500. The summed E-state index contributed by atoms with van der Waals surface area (Å²) >= 11 is 0. The number of carbonyl (C=O) groups is 1. The molecule has 0 spiro atoms. The number of rotatable bonds is 6. The molecule has 0 radical (unpaired) electrons. The Labute approximate surface area is 127 Å². The summed E-state index contributed by atoms with van der Waals surface area (Å²) in [5.41, 5.74) is -0.992. The van der Waals surface area contributed by atoms with Gasteiger partial charge in [0.1, 0.15) is 5.92 Å². The van der Waals surface area contributed by atoms with Crippen molar-refractivity contribution in [2.45, 2.75) is 31.1 Å². The van der Waals surface area contributed by atoms with Crippen LogP contribution in [0.2, 0.25) is 0 Å². The van der Waals surface area contributed by atoms with Crippen molar-refractivity contribution in [1.82, 2.24) is 0 Å². The zero-order valence-corrected chi connectivity index (χ0v) is 12.0. The molecule has 0 aliphatic rings. The van der Waals surface area contributed by atoms with Crippen LogP contribution in [0.25, 0.3) is 0 Å². The first-order chi connectivity index (χ1) is 10.4. The van der Waals surface area contributed by atoms with Crippen LogP contribution in [0.15, 0.2) is 18.2 Å². The Morgan fingerprint density at radius 1 is 1.04 bits per heavy atom. The second-order valence-corrected chi connectivity index (χ2v) is 5.01. The lowest BCUT2D eigenvalue weighted by Gasteiger charge is -2.17. The molecule has 0 heterocycles. The number of alkyl halides is 6. The topological polar surface area (TPSA) is 46.5 Å². The summed E-state index contributed by atoms with van der Waals surface area (Å²) in [6.07, 6.45) is -12.1. The Bertz CT molecular complexity index is 516. The van der Waals surface area contributed by atoms with E-state index in [9.17, 15) is 31.1 Å². The molecular formula is C14H14F6O3. The molecular weight excluding hydrogens is 330 g/mol. The SMILES string of the molecule is COCC(C(=O)O)c1cc(CC(F)(F)F)cc(CC(F)(F)F)c1. The lowest BCUT2D eigenvalue weighted by Crippen LogP contribution is -2.19. The lowest BCUT2D eigenvalue weighted by atomic mass is 9.93. The lowest BCUT2D eigenvalue weighted by molar-refractivity contribution is -0.140. The zero-order valence-electron chi connectivity index (χ0n) is 12.0. The van der Waals surface area contributed by atoms with Crippen molar-refractivity contribution >= 4 is 5.97 Å². The molecule has 1 aromatic carbocycles. The van der Waals surface area contributed by atoms with Crippen LogP contribution in [0, 0.1) is 0 Å². The number of methoxy groups -OCH3 is 1. The molecule has 0 aliphatic heterocycles. The molecule has 23 heavy (non-hydrogen) atoms. The van der Waals surface area contributed by atoms with E-state index in [4.69, 9.17) is 5.11 Å². The van der Waals surface area contributed by atoms with Crippen molar-refractivity contribution in [3.63, 3.8) is 0 Å². The maximum absolute atomic E-state index is 12.5. The standard InChI is InChI=1S/C14H14F6O3/c1-23-7-11(12(21)22)10-3-8(5-13(15,16)17)2-9(4-10)6-14(18,19)20/h2-4,11H,5-7H2,1H3,(H,21,22). The van der Waals surface area contributed by atoms with Gasteiger partial charge < -0.3 is 9.84 Å². The van der Waals surface area contributed by atoms with Crippen molar-refractivity contribution in [1.29, 1.82) is 0 Å². The van der Waals surface area contributed by atoms with Gasteiger partial charge in [-0.3, -0.25) is 4.79 Å². The average molecular weight is 344 g/mol. The van der Waals surface area contributed by atoms with Gasteiger partial charge >= 0.3 is 18.3 Å². The molecule has 0 bridgehead atoms. The largest absolute Gasteiger partial charge is 0.481 e. The Morgan fingerprint density at radius 3 is 1.78 bits per heavy atom. The minimum atomic E-state index is -4.62. The highest BCUT2D eigenvalue weighted by Crippen LogP contribution is 2.29. The van der Waals surface area contributed by atoms with E-state index in [-0.39, 0.29) is 12.2 Å². The predicted octanol–water partition coefficient (Wildman–Crippen LogP) is 3.71. The number of hydrogen-bond acceptors (Lipinski definition) is 2. The van der Waals surface area contributed by atoms with Gasteiger partial charge in [-0.05, 0) is 16.7 Å². The molecule has 130 valence electrons. The first kappa shape index (κ1) is 19.3. The van der Waals surface area contributed by atoms with E-state index >= 15 is 0 Å². The molecule has 1 N–H and O–H groups in total. The van der Waals surface area contributed by atoms with E-state index in [2.05, 4.69) is 4.74 Å². The molecule has 0 aromatic heterocycles. The summed E-state index contributed by atoms with van der Waals surface area (Å²) in [7, 11) is 1.19. The number of benzene rings is 1. The van der Waals surface area contributed by atoms with Crippen LogP contribution in [0.1, 0.15) is 22.6 Å². The van der Waals surface area contributed by atoms with Gasteiger partial charge in [-0.25, -0.2) is 0 Å². The second kappa shape index (κ2) is 7.20. The van der Waals surface area contributed by atoms with Gasteiger partial charge in [-0.2, -0.15) is 26.3 Å². The van der Waals surface area contributed by atoms with E-state index in [0.717, 1.165) is 18.2 Å². The van der Waals surface area contributed by atoms with Crippen LogP contribution in [-0.4, -0.2) is 37.1 Å². The summed E-state index contributed by atoms with van der Waals surface area (Å²) in [6, 6.07) is 2.69. The smallest absolute Gasteiger partial charge is 0.393 e. The van der Waals surface area contributed by atoms with Crippen molar-refractivity contribution in [3.05, 3.63) is 34.9 Å². The molecule has 3 nitrogen and oxygen atoms in total. The normalized spacial score (nSPS) is 13.9. The van der Waals surface area contributed by atoms with Gasteiger partial charge in [-0.1, -0.05) is 18.2 Å². The van der Waals surface area contributed by atoms with Crippen LogP contribution >= 0.6 is 0 Å². The van der Waals surface area contributed by atoms with E-state index in [1.807, 2.05) is 0 Å². The fourth-order valence-corrected chi connectivity index (χ4v) is 2.14. The molecule has 0 amide bonds. The third-order valence-electron chi connectivity index (χ3n) is 2.92. The van der Waals surface area contributed by atoms with E-state index in [0.29, 0.717) is 0 Å². The van der Waals surface area contributed by atoms with Crippen LogP contribution < -0.4 is 0 Å². The number of hydrogen-bond donors (Lipinski definition) is 1. The van der Waals surface area contributed by atoms with E-state index in [1.54, 1.807) is 0 Å². The summed E-state index contributed by atoms with van der Waals surface area (Å²) in [5.74, 6) is -2.74. The number of carboxylic acids is 1. The average Bonchev–Trinajstić information content (AvgIpc) is 2.30. The highest BCUT2D eigenvalue weighted by atomic mass is 19.4. The molecule has 0 saturated heterocycles. The second-order valence-electron chi connectivity index (χ2n) is 5.01. The molecule has 1 rings (SSSR count). The maximum atomic E-state index is 12.5. The molecule has 1 unspecified atom stereocenters. The summed E-state index contributed by atoms with van der Waals surface area (Å²) in [5, 5.41) is 9.08. The summed E-state index contributed by atoms with van der Waals surface area (Å²) in [4.78, 5) is 11.2. The van der Waals surface area contributed by atoms with Crippen LogP contribution in [0.5, 0.6) is 0 Å². The molecule has 9 heteroatoms. The van der Waals surface area contributed by atoms with Crippen molar-refractivity contribution in [3.8, 4) is 0 Å². The molecule has 0 saturated carbocycles. The van der Waals surface area contributed by atoms with Gasteiger partial charge in [0.25, 0.3) is 0 Å². The Balaban J connectivity index is 3.29. The van der Waals surface area contributed by atoms with E-state index < -0.39 is 48.2 Å². The first-order valence-corrected chi connectivity index (χ1v) is 6.39. The Hall–Kier alpha value is -1.77. The molecule has 1 atom stereocenters. The van der Waals surface area contributed by atoms with Crippen molar-refractivity contribution < 1.29 is 41.0 Å². The maximum Gasteiger partial charge on any atom is 0.393 e. The van der Waals surface area contributed by atoms with Crippen molar-refractivity contribution in [2.24, 2.45) is 0 Å². The summed E-state index contributed by atoms with van der Waals surface area (Å²) < 4.78 is 79.6. The van der Waals surface area contributed by atoms with Gasteiger partial charge in [0, 0.05) is 7.11 Å². The summed E-state index contributed by atoms with van der Waals surface area (Å²) in [6.45, 7) is -0.365. The van der Waals surface area contributed by atoms with Crippen LogP contribution in [0.3, 0.4) is 0 Å². The molecule has 0 fully saturated rings. The Morgan fingerprint density at radius 2 is 1.48 bits per heavy atom. The highest BCUT2D eigenvalue weighted by molar-refractivity contribution is 5.76. The van der Waals surface area contributed by atoms with Crippen molar-refractivity contribution in [2.75, 3.05) is 13.7 Å². The van der Waals surface area contributed by atoms with E-state index in [1.165, 1.54) is 7.11 Å². The van der Waals surface area contributed by atoms with Gasteiger partial charge in [0.15, 0.2) is 0 Å². The monoisotopic (exact) mass is 344 g/mol. The van der Waals surface area contributed by atoms with Crippen LogP contribution in [0.4, 0.5) is 26.3 Å². The molecule has 1 aromatic rings. The zero-order chi connectivity index (χ0) is 17.8. The Kier molecular flexibility index (Phi) is 6.04. The minimum absolute atomic E-state index is 0.152. The van der Waals surface area contributed by atoms with Gasteiger partial charge in [0.2, 0.25) is 0 Å². The third-order valence-corrected chi connectivity index (χ3v) is 2.92. The number of aliphatic carboxylic acids is 1. The minimum Gasteiger partial charge on any atom is -0.481 e. The van der Waals surface area contributed by atoms with Crippen LogP contribution in [-0.2, 0) is 22.4 Å². The third kappa shape index (κ3) is 6.89. The predicted molar refractivity (Wildman–Crippen MR) is 68.2 cm³/mol. The first-order valence-electron chi connectivity index (χ1n) is 6.39. The van der Waals surface area contributed by atoms with Gasteiger partial charge in [-0.15, -0.1) is 0 Å². The fourth-order valence-electron chi connectivity index (χ4n) is 2.14. The number of halogens is 6. The number of carboxylic acid groups (broad SMARTS) is 1. The number of ether oxygens (including phenoxy) is 1.